The first-order valence-corrected chi connectivity index (χ1v) is 30.5. The molecule has 0 rings (SSSR count). The van der Waals surface area contributed by atoms with Crippen molar-refractivity contribution in [2.75, 3.05) is 26.4 Å². The molecule has 0 aliphatic carbocycles. The number of phosphoric ester groups is 1. The van der Waals surface area contributed by atoms with E-state index in [-0.39, 0.29) is 19.4 Å². The van der Waals surface area contributed by atoms with Crippen LogP contribution in [0.5, 0.6) is 0 Å². The minimum atomic E-state index is -4.62. The van der Waals surface area contributed by atoms with E-state index in [1.807, 2.05) is 0 Å². The Morgan fingerprint density at radius 1 is 0.388 bits per heavy atom. The van der Waals surface area contributed by atoms with Crippen molar-refractivity contribution < 1.29 is 47.8 Å². The van der Waals surface area contributed by atoms with Crippen LogP contribution < -0.4 is 0 Å². The molecule has 0 aliphatic rings. The zero-order chi connectivity index (χ0) is 49.0. The molecule has 400 valence electrons. The van der Waals surface area contributed by atoms with Crippen LogP contribution in [-0.2, 0) is 32.7 Å². The maximum Gasteiger partial charge on any atom is 0.472 e. The molecular weight excluding hydrogens is 864 g/mol. The molecule has 0 saturated heterocycles. The highest BCUT2D eigenvalue weighted by atomic mass is 31.2. The minimum absolute atomic E-state index is 0.194. The monoisotopic (exact) mass is 975 g/mol. The molecule has 10 nitrogen and oxygen atoms in total. The molecule has 0 aromatic heterocycles. The van der Waals surface area contributed by atoms with Crippen molar-refractivity contribution in [2.45, 2.75) is 321 Å². The summed E-state index contributed by atoms with van der Waals surface area (Å²) in [6.07, 6.45) is 55.1. The molecule has 0 aromatic carbocycles. The third-order valence-corrected chi connectivity index (χ3v) is 14.2. The molecule has 3 atom stereocenters. The van der Waals surface area contributed by atoms with E-state index < -0.39 is 51.8 Å². The van der Waals surface area contributed by atoms with Crippen molar-refractivity contribution in [1.29, 1.82) is 0 Å². The molecule has 0 bridgehead atoms. The molecular formula is C56H111O10P. The summed E-state index contributed by atoms with van der Waals surface area (Å²) in [5.74, 6) is -0.898. The Morgan fingerprint density at radius 2 is 0.642 bits per heavy atom. The van der Waals surface area contributed by atoms with Gasteiger partial charge in [0.25, 0.3) is 0 Å². The highest BCUT2D eigenvalue weighted by Gasteiger charge is 2.27. The van der Waals surface area contributed by atoms with Gasteiger partial charge < -0.3 is 24.6 Å². The van der Waals surface area contributed by atoms with Crippen molar-refractivity contribution in [3.63, 3.8) is 0 Å². The number of ether oxygens (including phenoxy) is 2. The van der Waals surface area contributed by atoms with Crippen molar-refractivity contribution in [1.82, 2.24) is 0 Å². The fourth-order valence-electron chi connectivity index (χ4n) is 8.82. The summed E-state index contributed by atoms with van der Waals surface area (Å²) in [7, 11) is -4.62. The van der Waals surface area contributed by atoms with Gasteiger partial charge in [0, 0.05) is 12.8 Å². The van der Waals surface area contributed by atoms with Crippen LogP contribution in [0, 0.1) is 0 Å². The van der Waals surface area contributed by atoms with Crippen LogP contribution in [0.25, 0.3) is 0 Å². The average Bonchev–Trinajstić information content (AvgIpc) is 3.32. The van der Waals surface area contributed by atoms with Gasteiger partial charge in [-0.25, -0.2) is 4.57 Å². The second-order valence-electron chi connectivity index (χ2n) is 20.0. The first kappa shape index (κ1) is 66.0. The fourth-order valence-corrected chi connectivity index (χ4v) is 9.61. The van der Waals surface area contributed by atoms with Gasteiger partial charge in [-0.2, -0.15) is 0 Å². The van der Waals surface area contributed by atoms with Crippen LogP contribution in [0.4, 0.5) is 0 Å². The number of carbonyl (C=O) groups excluding carboxylic acids is 2. The molecule has 0 aliphatic heterocycles. The largest absolute Gasteiger partial charge is 0.472 e. The zero-order valence-electron chi connectivity index (χ0n) is 44.2. The third kappa shape index (κ3) is 52.6. The highest BCUT2D eigenvalue weighted by molar-refractivity contribution is 7.47. The van der Waals surface area contributed by atoms with Crippen molar-refractivity contribution >= 4 is 19.8 Å². The summed E-state index contributed by atoms with van der Waals surface area (Å²) in [6.45, 7) is 2.48. The van der Waals surface area contributed by atoms with Gasteiger partial charge in [0.1, 0.15) is 12.7 Å². The van der Waals surface area contributed by atoms with Gasteiger partial charge in [-0.05, 0) is 12.8 Å². The number of phosphoric acid groups is 1. The van der Waals surface area contributed by atoms with Gasteiger partial charge in [0.15, 0.2) is 6.10 Å². The first-order valence-electron chi connectivity index (χ1n) is 29.0. The van der Waals surface area contributed by atoms with Gasteiger partial charge in [0.05, 0.1) is 19.8 Å². The first-order chi connectivity index (χ1) is 32.7. The van der Waals surface area contributed by atoms with E-state index in [1.54, 1.807) is 0 Å². The number of carbonyl (C=O) groups is 2. The van der Waals surface area contributed by atoms with E-state index in [1.165, 1.54) is 238 Å². The second-order valence-corrected chi connectivity index (χ2v) is 21.5. The van der Waals surface area contributed by atoms with Crippen LogP contribution >= 0.6 is 7.82 Å². The molecule has 0 aromatic rings. The summed E-state index contributed by atoms with van der Waals surface area (Å²) in [5.41, 5.74) is 0. The van der Waals surface area contributed by atoms with E-state index in [9.17, 15) is 24.2 Å². The molecule has 0 radical (unpaired) electrons. The standard InChI is InChI=1S/C56H111O10P/c1-3-5-7-9-11-13-15-17-19-21-23-25-26-27-28-30-32-34-36-38-40-42-44-46-48-56(60)66-54(52-65-67(61,62)64-50-53(58)49-57)51-63-55(59)47-45-43-41-39-37-35-33-31-29-24-22-20-18-16-14-12-10-8-6-4-2/h53-54,57-58H,3-52H2,1-2H3,(H,61,62). The van der Waals surface area contributed by atoms with Crippen molar-refractivity contribution in [3.8, 4) is 0 Å². The Bertz CT molecular complexity index is 1080. The zero-order valence-corrected chi connectivity index (χ0v) is 45.1. The Labute approximate surface area is 414 Å². The van der Waals surface area contributed by atoms with Crippen LogP contribution in [0.1, 0.15) is 309 Å². The predicted molar refractivity (Wildman–Crippen MR) is 279 cm³/mol. The number of unbranched alkanes of at least 4 members (excludes halogenated alkanes) is 42. The fraction of sp³-hybridized carbons (Fsp3) is 0.964. The van der Waals surface area contributed by atoms with Crippen LogP contribution in [-0.4, -0.2) is 65.7 Å². The molecule has 0 amide bonds. The normalized spacial score (nSPS) is 13.4. The SMILES string of the molecule is CCCCCCCCCCCCCCCCCCCCCCCCCCC(=O)OC(COC(=O)CCCCCCCCCCCCCCCCCCCCCC)COP(=O)(O)OCC(O)CO. The Hall–Kier alpha value is -1.03. The predicted octanol–water partition coefficient (Wildman–Crippen LogP) is 16.9. The lowest BCUT2D eigenvalue weighted by Gasteiger charge is -2.20. The Kier molecular flexibility index (Phi) is 52.0. The number of aliphatic hydroxyl groups excluding tert-OH is 2. The van der Waals surface area contributed by atoms with E-state index >= 15 is 0 Å². The van der Waals surface area contributed by atoms with Crippen LogP contribution in [0.2, 0.25) is 0 Å². The summed E-state index contributed by atoms with van der Waals surface area (Å²) in [5, 5.41) is 18.4. The smallest absolute Gasteiger partial charge is 0.462 e. The second kappa shape index (κ2) is 52.8. The number of hydrogen-bond donors (Lipinski definition) is 3. The Morgan fingerprint density at radius 3 is 0.925 bits per heavy atom. The number of esters is 2. The maximum atomic E-state index is 12.7. The lowest BCUT2D eigenvalue weighted by atomic mass is 10.0. The quantitative estimate of drug-likeness (QED) is 0.0305. The topological polar surface area (TPSA) is 149 Å². The van der Waals surface area contributed by atoms with Crippen molar-refractivity contribution in [3.05, 3.63) is 0 Å². The molecule has 0 saturated carbocycles. The van der Waals surface area contributed by atoms with Gasteiger partial charge in [-0.1, -0.05) is 284 Å². The number of hydrogen-bond acceptors (Lipinski definition) is 9. The van der Waals surface area contributed by atoms with Gasteiger partial charge in [-0.3, -0.25) is 18.6 Å². The summed E-state index contributed by atoms with van der Waals surface area (Å²) >= 11 is 0. The molecule has 0 fully saturated rings. The maximum absolute atomic E-state index is 12.7. The van der Waals surface area contributed by atoms with Crippen LogP contribution in [0.3, 0.4) is 0 Å². The van der Waals surface area contributed by atoms with Gasteiger partial charge >= 0.3 is 19.8 Å². The molecule has 67 heavy (non-hydrogen) atoms. The van der Waals surface area contributed by atoms with E-state index in [2.05, 4.69) is 13.8 Å². The number of rotatable bonds is 56. The lowest BCUT2D eigenvalue weighted by Crippen LogP contribution is -2.29. The third-order valence-electron chi connectivity index (χ3n) is 13.3. The van der Waals surface area contributed by atoms with Gasteiger partial charge in [0.2, 0.25) is 0 Å². The van der Waals surface area contributed by atoms with E-state index in [4.69, 9.17) is 23.6 Å². The highest BCUT2D eigenvalue weighted by Crippen LogP contribution is 2.43. The summed E-state index contributed by atoms with van der Waals surface area (Å²) in [4.78, 5) is 35.3. The minimum Gasteiger partial charge on any atom is -0.462 e. The average molecular weight is 975 g/mol. The Balaban J connectivity index is 4.04. The molecule has 11 heteroatoms. The van der Waals surface area contributed by atoms with E-state index in [0.29, 0.717) is 12.8 Å². The molecule has 0 spiro atoms. The lowest BCUT2D eigenvalue weighted by molar-refractivity contribution is -0.161. The number of aliphatic hydroxyl groups is 2. The summed E-state index contributed by atoms with van der Waals surface area (Å²) in [6, 6.07) is 0. The van der Waals surface area contributed by atoms with Crippen LogP contribution in [0.15, 0.2) is 0 Å². The van der Waals surface area contributed by atoms with Crippen molar-refractivity contribution in [2.24, 2.45) is 0 Å². The molecule has 3 unspecified atom stereocenters. The van der Waals surface area contributed by atoms with E-state index in [0.717, 1.165) is 32.1 Å². The molecule has 3 N–H and O–H groups in total. The molecule has 0 heterocycles. The summed E-state index contributed by atoms with van der Waals surface area (Å²) < 4.78 is 33.0. The van der Waals surface area contributed by atoms with Gasteiger partial charge in [-0.15, -0.1) is 0 Å².